The molecule has 0 fully saturated rings. The first kappa shape index (κ1) is 13.5. The molecule has 0 saturated heterocycles. The topological polar surface area (TPSA) is 51.3 Å². The van der Waals surface area contributed by atoms with E-state index in [4.69, 9.17) is 0 Å². The highest BCUT2D eigenvalue weighted by atomic mass is 15.1. The van der Waals surface area contributed by atoms with Crippen LogP contribution in [0.5, 0.6) is 0 Å². The molecule has 22 heavy (non-hydrogen) atoms. The Morgan fingerprint density at radius 1 is 1.23 bits per heavy atom. The van der Waals surface area contributed by atoms with Gasteiger partial charge in [0.1, 0.15) is 5.82 Å². The molecular formula is C16H20N6. The van der Waals surface area contributed by atoms with E-state index >= 15 is 0 Å². The summed E-state index contributed by atoms with van der Waals surface area (Å²) in [5.74, 6) is 1.92. The summed E-state index contributed by atoms with van der Waals surface area (Å²) in [4.78, 5) is 15.3. The lowest BCUT2D eigenvalue weighted by Crippen LogP contribution is -2.31. The second kappa shape index (κ2) is 5.53. The van der Waals surface area contributed by atoms with Crippen LogP contribution in [-0.2, 0) is 19.5 Å². The van der Waals surface area contributed by atoms with E-state index in [0.29, 0.717) is 5.92 Å². The van der Waals surface area contributed by atoms with Crippen LogP contribution in [0.2, 0.25) is 0 Å². The van der Waals surface area contributed by atoms with Crippen LogP contribution in [0.4, 0.5) is 0 Å². The molecule has 0 saturated carbocycles. The van der Waals surface area contributed by atoms with Crippen LogP contribution in [0.15, 0.2) is 37.2 Å². The van der Waals surface area contributed by atoms with Crippen molar-refractivity contribution in [3.63, 3.8) is 0 Å². The molecule has 4 heterocycles. The van der Waals surface area contributed by atoms with Crippen LogP contribution < -0.4 is 0 Å². The monoisotopic (exact) mass is 296 g/mol. The van der Waals surface area contributed by atoms with Crippen LogP contribution in [0, 0.1) is 5.92 Å². The summed E-state index contributed by atoms with van der Waals surface area (Å²) < 4.78 is 4.40. The van der Waals surface area contributed by atoms with E-state index in [0.717, 1.165) is 31.7 Å². The number of aromatic nitrogens is 5. The quantitative estimate of drug-likeness (QED) is 0.734. The summed E-state index contributed by atoms with van der Waals surface area (Å²) >= 11 is 0. The van der Waals surface area contributed by atoms with Gasteiger partial charge in [-0.05, 0) is 19.4 Å². The minimum absolute atomic E-state index is 0.688. The van der Waals surface area contributed by atoms with Gasteiger partial charge in [-0.1, -0.05) is 0 Å². The Morgan fingerprint density at radius 3 is 3.14 bits per heavy atom. The van der Waals surface area contributed by atoms with Gasteiger partial charge >= 0.3 is 0 Å². The largest absolute Gasteiger partial charge is 0.335 e. The second-order valence-corrected chi connectivity index (χ2v) is 6.15. The van der Waals surface area contributed by atoms with Gasteiger partial charge in [0, 0.05) is 50.8 Å². The van der Waals surface area contributed by atoms with Crippen molar-refractivity contribution in [2.24, 2.45) is 5.92 Å². The minimum Gasteiger partial charge on any atom is -0.335 e. The zero-order valence-corrected chi connectivity index (χ0v) is 12.8. The average molecular weight is 296 g/mol. The molecule has 3 aromatic rings. The number of imidazole rings is 2. The fourth-order valence-corrected chi connectivity index (χ4v) is 3.38. The molecule has 1 aliphatic rings. The third-order valence-electron chi connectivity index (χ3n) is 4.43. The molecule has 4 rings (SSSR count). The van der Waals surface area contributed by atoms with Gasteiger partial charge in [-0.25, -0.2) is 9.97 Å². The summed E-state index contributed by atoms with van der Waals surface area (Å²) in [6, 6.07) is 0. The first-order valence-electron chi connectivity index (χ1n) is 7.74. The Kier molecular flexibility index (Phi) is 3.38. The highest BCUT2D eigenvalue weighted by Crippen LogP contribution is 2.20. The molecular weight excluding hydrogens is 276 g/mol. The maximum absolute atomic E-state index is 4.40. The first-order chi connectivity index (χ1) is 10.8. The van der Waals surface area contributed by atoms with E-state index in [1.807, 2.05) is 18.6 Å². The maximum Gasteiger partial charge on any atom is 0.155 e. The van der Waals surface area contributed by atoms with E-state index in [2.05, 4.69) is 42.1 Å². The zero-order chi connectivity index (χ0) is 14.9. The van der Waals surface area contributed by atoms with Crippen LogP contribution in [0.25, 0.3) is 5.65 Å². The van der Waals surface area contributed by atoms with Gasteiger partial charge in [0.25, 0.3) is 0 Å². The predicted molar refractivity (Wildman–Crippen MR) is 83.4 cm³/mol. The first-order valence-corrected chi connectivity index (χ1v) is 7.74. The Hall–Kier alpha value is -2.21. The van der Waals surface area contributed by atoms with Crippen molar-refractivity contribution in [2.75, 3.05) is 13.6 Å². The molecule has 3 aromatic heterocycles. The highest BCUT2D eigenvalue weighted by Gasteiger charge is 2.20. The van der Waals surface area contributed by atoms with Gasteiger partial charge in [-0.2, -0.15) is 0 Å². The molecule has 0 spiro atoms. The van der Waals surface area contributed by atoms with Gasteiger partial charge in [0.05, 0.1) is 18.1 Å². The summed E-state index contributed by atoms with van der Waals surface area (Å²) in [6.07, 6.45) is 13.8. The van der Waals surface area contributed by atoms with E-state index in [1.165, 1.54) is 17.9 Å². The number of rotatable bonds is 4. The van der Waals surface area contributed by atoms with E-state index < -0.39 is 0 Å². The zero-order valence-electron chi connectivity index (χ0n) is 12.8. The smallest absolute Gasteiger partial charge is 0.155 e. The van der Waals surface area contributed by atoms with Crippen molar-refractivity contribution in [3.8, 4) is 0 Å². The van der Waals surface area contributed by atoms with Gasteiger partial charge in [0.15, 0.2) is 5.65 Å². The van der Waals surface area contributed by atoms with E-state index in [9.17, 15) is 0 Å². The van der Waals surface area contributed by atoms with E-state index in [-0.39, 0.29) is 0 Å². The molecule has 0 unspecified atom stereocenters. The molecule has 6 nitrogen and oxygen atoms in total. The molecule has 1 aliphatic heterocycles. The third-order valence-corrected chi connectivity index (χ3v) is 4.43. The Bertz CT molecular complexity index is 774. The lowest BCUT2D eigenvalue weighted by Gasteiger charge is -2.28. The fraction of sp³-hybridized carbons (Fsp3) is 0.438. The summed E-state index contributed by atoms with van der Waals surface area (Å²) in [7, 11) is 2.18. The van der Waals surface area contributed by atoms with Gasteiger partial charge in [-0.15, -0.1) is 0 Å². The van der Waals surface area contributed by atoms with Crippen molar-refractivity contribution in [1.82, 2.24) is 28.8 Å². The SMILES string of the molecule is CN(Cc1cnc2cnccn12)C[C@@H]1CCc2nccn2C1. The molecule has 0 radical (unpaired) electrons. The number of nitrogens with zero attached hydrogens (tertiary/aromatic N) is 6. The maximum atomic E-state index is 4.40. The molecule has 0 bridgehead atoms. The lowest BCUT2D eigenvalue weighted by atomic mass is 9.99. The second-order valence-electron chi connectivity index (χ2n) is 6.15. The van der Waals surface area contributed by atoms with Gasteiger partial charge in [0.2, 0.25) is 0 Å². The molecule has 114 valence electrons. The fourth-order valence-electron chi connectivity index (χ4n) is 3.38. The number of aryl methyl sites for hydroxylation is 1. The number of hydrogen-bond acceptors (Lipinski definition) is 4. The van der Waals surface area contributed by atoms with Crippen molar-refractivity contribution in [1.29, 1.82) is 0 Å². The standard InChI is InChI=1S/C16H20N6/c1-20(10-13-2-3-15-18-5-6-21(15)11-13)12-14-8-19-16-9-17-4-7-22(14)16/h4-9,13H,2-3,10-12H2,1H3/t13-/m0/s1. The van der Waals surface area contributed by atoms with Crippen molar-refractivity contribution >= 4 is 5.65 Å². The van der Waals surface area contributed by atoms with Crippen LogP contribution in [0.1, 0.15) is 17.9 Å². The molecule has 0 aliphatic carbocycles. The van der Waals surface area contributed by atoms with Crippen LogP contribution in [-0.4, -0.2) is 42.4 Å². The molecule has 0 N–H and O–H groups in total. The lowest BCUT2D eigenvalue weighted by molar-refractivity contribution is 0.227. The summed E-state index contributed by atoms with van der Waals surface area (Å²) in [6.45, 7) is 3.07. The van der Waals surface area contributed by atoms with Crippen molar-refractivity contribution in [2.45, 2.75) is 25.9 Å². The Morgan fingerprint density at radius 2 is 2.18 bits per heavy atom. The molecule has 1 atom stereocenters. The Labute approximate surface area is 129 Å². The molecule has 0 amide bonds. The normalized spacial score (nSPS) is 18.0. The average Bonchev–Trinajstić information content (AvgIpc) is 3.14. The van der Waals surface area contributed by atoms with Crippen LogP contribution in [0.3, 0.4) is 0 Å². The molecule has 6 heteroatoms. The predicted octanol–water partition coefficient (Wildman–Crippen LogP) is 1.62. The minimum atomic E-state index is 0.688. The number of fused-ring (bicyclic) bond motifs is 2. The third kappa shape index (κ3) is 2.50. The summed E-state index contributed by atoms with van der Waals surface area (Å²) in [5.41, 5.74) is 2.12. The molecule has 0 aromatic carbocycles. The summed E-state index contributed by atoms with van der Waals surface area (Å²) in [5, 5.41) is 0. The van der Waals surface area contributed by atoms with E-state index in [1.54, 1.807) is 12.4 Å². The van der Waals surface area contributed by atoms with Crippen LogP contribution >= 0.6 is 0 Å². The van der Waals surface area contributed by atoms with Gasteiger partial charge in [-0.3, -0.25) is 9.38 Å². The highest BCUT2D eigenvalue weighted by molar-refractivity contribution is 5.36. The van der Waals surface area contributed by atoms with Crippen molar-refractivity contribution in [3.05, 3.63) is 48.7 Å². The van der Waals surface area contributed by atoms with Gasteiger partial charge < -0.3 is 9.47 Å². The Balaban J connectivity index is 1.42. The van der Waals surface area contributed by atoms with Crippen molar-refractivity contribution < 1.29 is 0 Å². The number of hydrogen-bond donors (Lipinski definition) is 0.